The number of aliphatic hydroxyl groups excluding tert-OH is 4. The number of carbonyl (C=O) groups excluding carboxylic acids is 2. The highest BCUT2D eigenvalue weighted by Gasteiger charge is 2.43. The molecule has 6 N–H and O–H groups in total. The first-order chi connectivity index (χ1) is 15.5. The van der Waals surface area contributed by atoms with Crippen LogP contribution in [0.2, 0.25) is 0 Å². The molecule has 2 aromatic rings. The van der Waals surface area contributed by atoms with Crippen LogP contribution >= 0.6 is 0 Å². The molecule has 1 amide bonds. The Morgan fingerprint density at radius 2 is 1.82 bits per heavy atom. The Hall–Kier alpha value is -2.70. The average Bonchev–Trinajstić information content (AvgIpc) is 3.14. The SMILES string of the molecule is CC(C)(C)OC(=O)N[C@H](Cc1c[nH]c2ccccc12)C(=O)OC[C@@H]1O[C@@H](O)[C@@H](O)[C@@H](O)[C@@H]1O. The summed E-state index contributed by atoms with van der Waals surface area (Å²) in [6.45, 7) is 4.53. The van der Waals surface area contributed by atoms with Gasteiger partial charge in [-0.25, -0.2) is 9.59 Å². The third-order valence-electron chi connectivity index (χ3n) is 5.15. The highest BCUT2D eigenvalue weighted by Crippen LogP contribution is 2.22. The largest absolute Gasteiger partial charge is 0.461 e. The van der Waals surface area contributed by atoms with Crippen molar-refractivity contribution in [2.75, 3.05) is 6.61 Å². The Labute approximate surface area is 190 Å². The molecule has 0 spiro atoms. The molecule has 11 nitrogen and oxygen atoms in total. The lowest BCUT2D eigenvalue weighted by Crippen LogP contribution is -2.59. The van der Waals surface area contributed by atoms with Crippen LogP contribution in [0.5, 0.6) is 0 Å². The van der Waals surface area contributed by atoms with Gasteiger partial charge in [0.2, 0.25) is 0 Å². The first kappa shape index (κ1) is 24.9. The number of aromatic amines is 1. The molecule has 1 aromatic heterocycles. The zero-order valence-electron chi connectivity index (χ0n) is 18.6. The highest BCUT2D eigenvalue weighted by molar-refractivity contribution is 5.86. The van der Waals surface area contributed by atoms with Crippen LogP contribution in [0.25, 0.3) is 10.9 Å². The van der Waals surface area contributed by atoms with E-state index in [0.717, 1.165) is 16.5 Å². The summed E-state index contributed by atoms with van der Waals surface area (Å²) in [5, 5.41) is 42.4. The number of fused-ring (bicyclic) bond motifs is 1. The van der Waals surface area contributed by atoms with Gasteiger partial charge < -0.3 is 44.9 Å². The summed E-state index contributed by atoms with van der Waals surface area (Å²) in [5.74, 6) is -0.836. The van der Waals surface area contributed by atoms with Crippen LogP contribution in [-0.4, -0.2) is 86.4 Å². The summed E-state index contributed by atoms with van der Waals surface area (Å²) in [4.78, 5) is 28.3. The third kappa shape index (κ3) is 6.21. The number of para-hydroxylation sites is 1. The zero-order chi connectivity index (χ0) is 24.3. The fraction of sp³-hybridized carbons (Fsp3) is 0.545. The molecule has 1 aliphatic rings. The first-order valence-corrected chi connectivity index (χ1v) is 10.5. The number of rotatable bonds is 6. The second-order valence-corrected chi connectivity index (χ2v) is 8.93. The normalized spacial score (nSPS) is 26.6. The molecule has 6 atom stereocenters. The molecule has 11 heteroatoms. The van der Waals surface area contributed by atoms with Crippen molar-refractivity contribution in [3.8, 4) is 0 Å². The van der Waals surface area contributed by atoms with Gasteiger partial charge in [-0.2, -0.15) is 0 Å². The van der Waals surface area contributed by atoms with E-state index in [1.165, 1.54) is 0 Å². The predicted octanol–water partition coefficient (Wildman–Crippen LogP) is -0.0532. The van der Waals surface area contributed by atoms with Crippen LogP contribution in [0, 0.1) is 0 Å². The Morgan fingerprint density at radius 1 is 1.12 bits per heavy atom. The van der Waals surface area contributed by atoms with E-state index >= 15 is 0 Å². The number of aliphatic hydroxyl groups is 4. The predicted molar refractivity (Wildman–Crippen MR) is 115 cm³/mol. The molecule has 1 fully saturated rings. The Kier molecular flexibility index (Phi) is 7.60. The van der Waals surface area contributed by atoms with Crippen LogP contribution in [0.1, 0.15) is 26.3 Å². The molecule has 33 heavy (non-hydrogen) atoms. The fourth-order valence-electron chi connectivity index (χ4n) is 3.50. The molecule has 0 unspecified atom stereocenters. The number of H-pyrrole nitrogens is 1. The molecular formula is C22H30N2O9. The molecule has 182 valence electrons. The number of hydrogen-bond acceptors (Lipinski definition) is 9. The number of nitrogens with one attached hydrogen (secondary N) is 2. The maximum atomic E-state index is 12.9. The van der Waals surface area contributed by atoms with Gasteiger partial charge in [0.1, 0.15) is 42.7 Å². The lowest BCUT2D eigenvalue weighted by Gasteiger charge is -2.38. The van der Waals surface area contributed by atoms with Crippen LogP contribution in [0.3, 0.4) is 0 Å². The van der Waals surface area contributed by atoms with Gasteiger partial charge in [0.25, 0.3) is 0 Å². The third-order valence-corrected chi connectivity index (χ3v) is 5.15. The molecule has 1 aromatic carbocycles. The van der Waals surface area contributed by atoms with E-state index in [9.17, 15) is 30.0 Å². The van der Waals surface area contributed by atoms with Crippen molar-refractivity contribution < 1.29 is 44.2 Å². The molecule has 0 aliphatic carbocycles. The number of amides is 1. The number of hydrogen-bond donors (Lipinski definition) is 6. The van der Waals surface area contributed by atoms with Crippen molar-refractivity contribution in [2.24, 2.45) is 0 Å². The van der Waals surface area contributed by atoms with E-state index < -0.39 is 61.0 Å². The standard InChI is InChI=1S/C22H30N2O9/c1-22(2,3)33-21(30)24-14(8-11-9-23-13-7-5-4-6-12(11)13)19(28)31-10-15-16(25)17(26)18(27)20(29)32-15/h4-7,9,14-18,20,23,25-27,29H,8,10H2,1-3H3,(H,24,30)/t14-,15+,16-,17+,18+,20-/m1/s1. The lowest BCUT2D eigenvalue weighted by molar-refractivity contribution is -0.287. The van der Waals surface area contributed by atoms with Crippen LogP contribution < -0.4 is 5.32 Å². The smallest absolute Gasteiger partial charge is 0.408 e. The molecular weight excluding hydrogens is 436 g/mol. The van der Waals surface area contributed by atoms with Crippen LogP contribution in [0.15, 0.2) is 30.5 Å². The second kappa shape index (κ2) is 10.1. The zero-order valence-corrected chi connectivity index (χ0v) is 18.6. The van der Waals surface area contributed by atoms with E-state index in [1.807, 2.05) is 24.3 Å². The monoisotopic (exact) mass is 466 g/mol. The molecule has 2 heterocycles. The van der Waals surface area contributed by atoms with Crippen molar-refractivity contribution in [1.29, 1.82) is 0 Å². The van der Waals surface area contributed by atoms with Gasteiger partial charge >= 0.3 is 12.1 Å². The molecule has 0 saturated carbocycles. The Bertz CT molecular complexity index is 970. The number of esters is 1. The van der Waals surface area contributed by atoms with Crippen molar-refractivity contribution in [3.63, 3.8) is 0 Å². The number of aromatic nitrogens is 1. The van der Waals surface area contributed by atoms with E-state index in [-0.39, 0.29) is 6.42 Å². The summed E-state index contributed by atoms with van der Waals surface area (Å²) < 4.78 is 15.5. The Morgan fingerprint density at radius 3 is 2.52 bits per heavy atom. The van der Waals surface area contributed by atoms with Crippen molar-refractivity contribution >= 4 is 23.0 Å². The number of benzene rings is 1. The topological polar surface area (TPSA) is 171 Å². The quantitative estimate of drug-likeness (QED) is 0.319. The average molecular weight is 466 g/mol. The number of carbonyl (C=O) groups is 2. The summed E-state index contributed by atoms with van der Waals surface area (Å²) in [6, 6.07) is 6.32. The first-order valence-electron chi connectivity index (χ1n) is 10.5. The van der Waals surface area contributed by atoms with Crippen LogP contribution in [0.4, 0.5) is 4.79 Å². The van der Waals surface area contributed by atoms with Crippen molar-refractivity contribution in [2.45, 2.75) is 69.5 Å². The van der Waals surface area contributed by atoms with Crippen molar-refractivity contribution in [3.05, 3.63) is 36.0 Å². The summed E-state index contributed by atoms with van der Waals surface area (Å²) in [7, 11) is 0. The van der Waals surface area contributed by atoms with E-state index in [2.05, 4.69) is 10.3 Å². The minimum atomic E-state index is -1.76. The van der Waals surface area contributed by atoms with Gasteiger partial charge in [-0.05, 0) is 32.4 Å². The molecule has 0 radical (unpaired) electrons. The Balaban J connectivity index is 1.72. The van der Waals surface area contributed by atoms with Crippen LogP contribution in [-0.2, 0) is 25.4 Å². The number of ether oxygens (including phenoxy) is 3. The maximum absolute atomic E-state index is 12.9. The molecule has 1 saturated heterocycles. The summed E-state index contributed by atoms with van der Waals surface area (Å²) in [5.41, 5.74) is 0.829. The number of alkyl carbamates (subject to hydrolysis) is 1. The molecule has 1 aliphatic heterocycles. The fourth-order valence-corrected chi connectivity index (χ4v) is 3.50. The van der Waals surface area contributed by atoms with Gasteiger partial charge in [0, 0.05) is 23.5 Å². The van der Waals surface area contributed by atoms with Gasteiger partial charge in [-0.15, -0.1) is 0 Å². The highest BCUT2D eigenvalue weighted by atomic mass is 16.7. The van der Waals surface area contributed by atoms with Gasteiger partial charge in [0.05, 0.1) is 0 Å². The lowest BCUT2D eigenvalue weighted by atomic mass is 9.99. The minimum absolute atomic E-state index is 0.0835. The minimum Gasteiger partial charge on any atom is -0.461 e. The van der Waals surface area contributed by atoms with E-state index in [1.54, 1.807) is 27.0 Å². The van der Waals surface area contributed by atoms with Gasteiger partial charge in [-0.3, -0.25) is 0 Å². The van der Waals surface area contributed by atoms with Gasteiger partial charge in [0.15, 0.2) is 6.29 Å². The van der Waals surface area contributed by atoms with Crippen molar-refractivity contribution in [1.82, 2.24) is 10.3 Å². The van der Waals surface area contributed by atoms with E-state index in [4.69, 9.17) is 14.2 Å². The van der Waals surface area contributed by atoms with Gasteiger partial charge in [-0.1, -0.05) is 18.2 Å². The van der Waals surface area contributed by atoms with E-state index in [0.29, 0.717) is 0 Å². The molecule has 3 rings (SSSR count). The summed E-state index contributed by atoms with van der Waals surface area (Å²) >= 11 is 0. The maximum Gasteiger partial charge on any atom is 0.408 e. The summed E-state index contributed by atoms with van der Waals surface area (Å²) in [6.07, 6.45) is -7.01. The second-order valence-electron chi connectivity index (χ2n) is 8.93. The molecule has 0 bridgehead atoms.